The van der Waals surface area contributed by atoms with Gasteiger partial charge in [0, 0.05) is 30.4 Å². The molecule has 0 spiro atoms. The molecule has 1 aliphatic rings. The Morgan fingerprint density at radius 1 is 1.16 bits per heavy atom. The number of phenolic OH excluding ortho intramolecular Hbond substituents is 2. The van der Waals surface area contributed by atoms with Crippen LogP contribution in [-0.4, -0.2) is 36.0 Å². The van der Waals surface area contributed by atoms with E-state index in [2.05, 4.69) is 39.7 Å². The summed E-state index contributed by atoms with van der Waals surface area (Å²) in [5.41, 5.74) is 6.86. The molecule has 164 valence electrons. The molecule has 1 aliphatic heterocycles. The summed E-state index contributed by atoms with van der Waals surface area (Å²) in [7, 11) is 1.65. The number of hydrogen-bond donors (Lipinski definition) is 3. The highest BCUT2D eigenvalue weighted by Crippen LogP contribution is 2.30. The Morgan fingerprint density at radius 2 is 2.00 bits per heavy atom. The molecule has 3 aromatic rings. The maximum atomic E-state index is 12.2. The van der Waals surface area contributed by atoms with E-state index in [0.29, 0.717) is 6.54 Å². The number of phenols is 2. The number of anilines is 1. The van der Waals surface area contributed by atoms with Crippen LogP contribution < -0.4 is 15.1 Å². The predicted octanol–water partition coefficient (Wildman–Crippen LogP) is 3.82. The molecule has 0 unspecified atom stereocenters. The summed E-state index contributed by atoms with van der Waals surface area (Å²) >= 11 is 0. The average molecular weight is 431 g/mol. The topological polar surface area (TPSA) is 94.4 Å². The van der Waals surface area contributed by atoms with Gasteiger partial charge in [-0.3, -0.25) is 4.79 Å². The molecule has 0 bridgehead atoms. The Kier molecular flexibility index (Phi) is 6.26. The number of ether oxygens (including phenoxy) is 1. The summed E-state index contributed by atoms with van der Waals surface area (Å²) in [4.78, 5) is 14.6. The zero-order chi connectivity index (χ0) is 22.5. The molecule has 3 aromatic carbocycles. The molecule has 0 atom stereocenters. The van der Waals surface area contributed by atoms with Crippen LogP contribution in [0.15, 0.2) is 65.8 Å². The van der Waals surface area contributed by atoms with Crippen molar-refractivity contribution in [3.05, 3.63) is 82.9 Å². The van der Waals surface area contributed by atoms with Crippen molar-refractivity contribution in [2.75, 3.05) is 18.6 Å². The lowest BCUT2D eigenvalue weighted by atomic mass is 10.0. The first-order valence-electron chi connectivity index (χ1n) is 10.4. The molecular weight excluding hydrogens is 406 g/mol. The Bertz CT molecular complexity index is 1160. The number of carbonyl (C=O) groups is 1. The Hall–Kier alpha value is -4.00. The third kappa shape index (κ3) is 4.67. The van der Waals surface area contributed by atoms with Gasteiger partial charge in [-0.25, -0.2) is 5.43 Å². The van der Waals surface area contributed by atoms with Crippen LogP contribution in [-0.2, 0) is 13.0 Å². The number of amides is 1. The van der Waals surface area contributed by atoms with Gasteiger partial charge in [-0.15, -0.1) is 0 Å². The first-order chi connectivity index (χ1) is 15.5. The quantitative estimate of drug-likeness (QED) is 0.407. The van der Waals surface area contributed by atoms with Gasteiger partial charge < -0.3 is 19.8 Å². The van der Waals surface area contributed by atoms with Gasteiger partial charge in [-0.2, -0.15) is 5.10 Å². The number of nitrogens with one attached hydrogen (secondary N) is 1. The van der Waals surface area contributed by atoms with E-state index < -0.39 is 5.91 Å². The molecule has 0 aliphatic carbocycles. The number of nitrogens with zero attached hydrogens (tertiary/aromatic N) is 2. The van der Waals surface area contributed by atoms with Crippen LogP contribution >= 0.6 is 0 Å². The molecule has 0 saturated heterocycles. The molecular formula is C25H25N3O4. The second-order valence-corrected chi connectivity index (χ2v) is 7.63. The van der Waals surface area contributed by atoms with E-state index in [0.717, 1.165) is 42.3 Å². The highest BCUT2D eigenvalue weighted by atomic mass is 16.5. The van der Waals surface area contributed by atoms with E-state index in [1.54, 1.807) is 13.3 Å². The number of hydrogen-bond acceptors (Lipinski definition) is 6. The van der Waals surface area contributed by atoms with Crippen LogP contribution in [0, 0.1) is 0 Å². The van der Waals surface area contributed by atoms with Crippen molar-refractivity contribution >= 4 is 17.8 Å². The van der Waals surface area contributed by atoms with Gasteiger partial charge in [-0.05, 0) is 60.4 Å². The number of benzene rings is 3. The third-order valence-electron chi connectivity index (χ3n) is 5.48. The van der Waals surface area contributed by atoms with E-state index >= 15 is 0 Å². The smallest absolute Gasteiger partial charge is 0.275 e. The van der Waals surface area contributed by atoms with Gasteiger partial charge in [-0.1, -0.05) is 18.2 Å². The standard InChI is InChI=1S/C25H25N3O4/c1-32-24-11-8-17(15-26-27-25(31)21-10-9-20(29)14-23(21)30)13-19(24)16-28-12-4-6-18-5-2-3-7-22(18)28/h2-3,5,7-11,13-15,29-30H,4,6,12,16H2,1H3,(H,27,31). The number of carbonyl (C=O) groups excluding carboxylic acids is 1. The predicted molar refractivity (Wildman–Crippen MR) is 124 cm³/mol. The second-order valence-electron chi connectivity index (χ2n) is 7.63. The molecule has 7 nitrogen and oxygen atoms in total. The molecule has 32 heavy (non-hydrogen) atoms. The number of aromatic hydroxyl groups is 2. The fourth-order valence-corrected chi connectivity index (χ4v) is 3.92. The van der Waals surface area contributed by atoms with Crippen LogP contribution in [0.2, 0.25) is 0 Å². The van der Waals surface area contributed by atoms with Crippen LogP contribution in [0.4, 0.5) is 5.69 Å². The van der Waals surface area contributed by atoms with Crippen molar-refractivity contribution in [3.63, 3.8) is 0 Å². The van der Waals surface area contributed by atoms with E-state index in [4.69, 9.17) is 4.74 Å². The summed E-state index contributed by atoms with van der Waals surface area (Å²) in [6.45, 7) is 1.68. The summed E-state index contributed by atoms with van der Waals surface area (Å²) in [5.74, 6) is -0.212. The maximum absolute atomic E-state index is 12.2. The van der Waals surface area contributed by atoms with Gasteiger partial charge in [0.1, 0.15) is 17.2 Å². The summed E-state index contributed by atoms with van der Waals surface area (Å²) in [5, 5.41) is 23.2. The number of rotatable bonds is 6. The normalized spacial score (nSPS) is 13.1. The lowest BCUT2D eigenvalue weighted by Gasteiger charge is -2.31. The number of hydrazone groups is 1. The Balaban J connectivity index is 1.49. The van der Waals surface area contributed by atoms with Gasteiger partial charge >= 0.3 is 0 Å². The van der Waals surface area contributed by atoms with Crippen LogP contribution in [0.5, 0.6) is 17.2 Å². The van der Waals surface area contributed by atoms with Crippen molar-refractivity contribution in [1.29, 1.82) is 0 Å². The summed E-state index contributed by atoms with van der Waals surface area (Å²) in [6, 6.07) is 18.0. The number of fused-ring (bicyclic) bond motifs is 1. The second kappa shape index (κ2) is 9.43. The van der Waals surface area contributed by atoms with Gasteiger partial charge in [0.05, 0.1) is 18.9 Å². The Labute approximate surface area is 186 Å². The van der Waals surface area contributed by atoms with Gasteiger partial charge in [0.25, 0.3) is 5.91 Å². The third-order valence-corrected chi connectivity index (χ3v) is 5.48. The molecule has 0 saturated carbocycles. The van der Waals surface area contributed by atoms with E-state index in [1.165, 1.54) is 23.4 Å². The van der Waals surface area contributed by atoms with E-state index in [1.807, 2.05) is 18.2 Å². The fraction of sp³-hybridized carbons (Fsp3) is 0.200. The molecule has 3 N–H and O–H groups in total. The maximum Gasteiger partial charge on any atom is 0.275 e. The molecule has 0 aromatic heterocycles. The van der Waals surface area contributed by atoms with Gasteiger partial charge in [0.2, 0.25) is 0 Å². The number of para-hydroxylation sites is 1. The monoisotopic (exact) mass is 431 g/mol. The van der Waals surface area contributed by atoms with E-state index in [9.17, 15) is 15.0 Å². The van der Waals surface area contributed by atoms with Crippen LogP contribution in [0.3, 0.4) is 0 Å². The minimum absolute atomic E-state index is 0.0270. The van der Waals surface area contributed by atoms with Crippen molar-refractivity contribution < 1.29 is 19.7 Å². The number of aryl methyl sites for hydroxylation is 1. The largest absolute Gasteiger partial charge is 0.508 e. The SMILES string of the molecule is COc1ccc(C=NNC(=O)c2ccc(O)cc2O)cc1CN1CCCc2ccccc21. The van der Waals surface area contributed by atoms with Crippen molar-refractivity contribution in [3.8, 4) is 17.2 Å². The lowest BCUT2D eigenvalue weighted by Crippen LogP contribution is -2.29. The fourth-order valence-electron chi connectivity index (χ4n) is 3.92. The minimum Gasteiger partial charge on any atom is -0.508 e. The van der Waals surface area contributed by atoms with Crippen LogP contribution in [0.1, 0.15) is 33.5 Å². The zero-order valence-electron chi connectivity index (χ0n) is 17.8. The first kappa shape index (κ1) is 21.2. The molecule has 7 heteroatoms. The zero-order valence-corrected chi connectivity index (χ0v) is 17.8. The highest BCUT2D eigenvalue weighted by Gasteiger charge is 2.18. The van der Waals surface area contributed by atoms with E-state index in [-0.39, 0.29) is 17.1 Å². The summed E-state index contributed by atoms with van der Waals surface area (Å²) < 4.78 is 5.56. The lowest BCUT2D eigenvalue weighted by molar-refractivity contribution is 0.0952. The first-order valence-corrected chi connectivity index (χ1v) is 10.4. The average Bonchev–Trinajstić information content (AvgIpc) is 2.79. The molecule has 1 heterocycles. The van der Waals surface area contributed by atoms with Crippen molar-refractivity contribution in [2.45, 2.75) is 19.4 Å². The molecule has 0 fully saturated rings. The molecule has 0 radical (unpaired) electrons. The highest BCUT2D eigenvalue weighted by molar-refractivity contribution is 5.97. The Morgan fingerprint density at radius 3 is 2.81 bits per heavy atom. The molecule has 4 rings (SSSR count). The van der Waals surface area contributed by atoms with Crippen molar-refractivity contribution in [1.82, 2.24) is 5.43 Å². The minimum atomic E-state index is -0.572. The van der Waals surface area contributed by atoms with Crippen molar-refractivity contribution in [2.24, 2.45) is 5.10 Å². The number of methoxy groups -OCH3 is 1. The van der Waals surface area contributed by atoms with Gasteiger partial charge in [0.15, 0.2) is 0 Å². The molecule has 1 amide bonds. The summed E-state index contributed by atoms with van der Waals surface area (Å²) in [6.07, 6.45) is 3.74. The van der Waals surface area contributed by atoms with Crippen LogP contribution in [0.25, 0.3) is 0 Å².